The lowest BCUT2D eigenvalue weighted by Gasteiger charge is -2.16. The second-order valence-corrected chi connectivity index (χ2v) is 7.03. The molecule has 0 aliphatic heterocycles. The van der Waals surface area contributed by atoms with E-state index in [-0.39, 0.29) is 0 Å². The SMILES string of the molecule is CC(O)Oc1ccc(-c2ccc(OB(Oc3ccccc3)Oc3ccccc3)cc2)cc1. The number of benzene rings is 4. The lowest BCUT2D eigenvalue weighted by Crippen LogP contribution is -2.36. The van der Waals surface area contributed by atoms with E-state index in [4.69, 9.17) is 18.7 Å². The quantitative estimate of drug-likeness (QED) is 0.279. The Morgan fingerprint density at radius 1 is 0.531 bits per heavy atom. The van der Waals surface area contributed by atoms with Gasteiger partial charge in [-0.2, -0.15) is 0 Å². The van der Waals surface area contributed by atoms with Crippen molar-refractivity contribution in [2.24, 2.45) is 0 Å². The van der Waals surface area contributed by atoms with Crippen LogP contribution in [-0.2, 0) is 0 Å². The molecule has 0 aliphatic rings. The molecule has 4 aromatic carbocycles. The highest BCUT2D eigenvalue weighted by molar-refractivity contribution is 6.39. The van der Waals surface area contributed by atoms with E-state index >= 15 is 0 Å². The molecular weight excluding hydrogens is 403 g/mol. The van der Waals surface area contributed by atoms with Gasteiger partial charge in [-0.25, -0.2) is 0 Å². The molecule has 0 saturated heterocycles. The molecule has 0 radical (unpaired) electrons. The van der Waals surface area contributed by atoms with E-state index in [2.05, 4.69) is 0 Å². The van der Waals surface area contributed by atoms with Crippen molar-refractivity contribution in [1.82, 2.24) is 0 Å². The van der Waals surface area contributed by atoms with Crippen LogP contribution in [0.3, 0.4) is 0 Å². The summed E-state index contributed by atoms with van der Waals surface area (Å²) in [6.45, 7) is 1.57. The molecule has 0 bridgehead atoms. The van der Waals surface area contributed by atoms with Crippen LogP contribution in [0.1, 0.15) is 6.92 Å². The highest BCUT2D eigenvalue weighted by atomic mass is 16.7. The van der Waals surface area contributed by atoms with Crippen LogP contribution < -0.4 is 18.7 Å². The molecule has 4 rings (SSSR count). The molecule has 0 aliphatic carbocycles. The average Bonchev–Trinajstić information content (AvgIpc) is 2.81. The van der Waals surface area contributed by atoms with Crippen LogP contribution in [0.4, 0.5) is 0 Å². The monoisotopic (exact) mass is 426 g/mol. The summed E-state index contributed by atoms with van der Waals surface area (Å²) in [5.74, 6) is 2.51. The van der Waals surface area contributed by atoms with Gasteiger partial charge in [0, 0.05) is 0 Å². The maximum absolute atomic E-state index is 9.32. The number of ether oxygens (including phenoxy) is 1. The van der Waals surface area contributed by atoms with Crippen LogP contribution in [0, 0.1) is 0 Å². The molecule has 32 heavy (non-hydrogen) atoms. The van der Waals surface area contributed by atoms with Crippen molar-refractivity contribution >= 4 is 7.32 Å². The van der Waals surface area contributed by atoms with E-state index in [0.29, 0.717) is 23.0 Å². The molecule has 0 aromatic heterocycles. The van der Waals surface area contributed by atoms with Crippen molar-refractivity contribution in [2.45, 2.75) is 13.2 Å². The van der Waals surface area contributed by atoms with Crippen molar-refractivity contribution < 1.29 is 23.8 Å². The Bertz CT molecular complexity index is 1040. The summed E-state index contributed by atoms with van der Waals surface area (Å²) in [7, 11) is -0.956. The Balaban J connectivity index is 1.47. The molecule has 5 nitrogen and oxygen atoms in total. The zero-order valence-corrected chi connectivity index (χ0v) is 17.6. The Morgan fingerprint density at radius 3 is 1.31 bits per heavy atom. The number of hydrogen-bond acceptors (Lipinski definition) is 5. The minimum atomic E-state index is -0.956. The van der Waals surface area contributed by atoms with Crippen LogP contribution in [0.25, 0.3) is 11.1 Å². The Kier molecular flexibility index (Phi) is 6.95. The van der Waals surface area contributed by atoms with Crippen molar-refractivity contribution in [3.8, 4) is 34.1 Å². The standard InChI is InChI=1S/C26H23BO5/c1-20(28)29-23-16-12-21(13-17-23)22-14-18-26(19-15-22)32-27(30-24-8-4-2-5-9-24)31-25-10-6-3-7-11-25/h2-20,28H,1H3. The molecule has 1 atom stereocenters. The molecule has 0 fully saturated rings. The summed E-state index contributed by atoms with van der Waals surface area (Å²) in [6, 6.07) is 34.0. The second kappa shape index (κ2) is 10.4. The molecule has 0 saturated carbocycles. The van der Waals surface area contributed by atoms with Gasteiger partial charge >= 0.3 is 7.32 Å². The van der Waals surface area contributed by atoms with Crippen molar-refractivity contribution in [3.63, 3.8) is 0 Å². The lowest BCUT2D eigenvalue weighted by atomic mass is 10.1. The second-order valence-electron chi connectivity index (χ2n) is 7.03. The summed E-state index contributed by atoms with van der Waals surface area (Å²) in [5, 5.41) is 9.32. The normalized spacial score (nSPS) is 11.3. The van der Waals surface area contributed by atoms with Crippen LogP contribution in [0.2, 0.25) is 0 Å². The minimum absolute atomic E-state index is 0.611. The van der Waals surface area contributed by atoms with Crippen LogP contribution >= 0.6 is 0 Å². The third-order valence-electron chi connectivity index (χ3n) is 4.53. The first-order chi connectivity index (χ1) is 15.7. The van der Waals surface area contributed by atoms with Gasteiger partial charge in [0.05, 0.1) is 0 Å². The first kappa shape index (κ1) is 21.3. The summed E-state index contributed by atoms with van der Waals surface area (Å²) >= 11 is 0. The highest BCUT2D eigenvalue weighted by Crippen LogP contribution is 2.26. The Hall–Kier alpha value is -3.90. The van der Waals surface area contributed by atoms with Gasteiger partial charge in [-0.15, -0.1) is 0 Å². The molecule has 1 unspecified atom stereocenters. The van der Waals surface area contributed by atoms with E-state index in [0.717, 1.165) is 11.1 Å². The number of aliphatic hydroxyl groups excluding tert-OH is 1. The zero-order valence-electron chi connectivity index (χ0n) is 17.6. The summed E-state index contributed by atoms with van der Waals surface area (Å²) in [4.78, 5) is 0. The first-order valence-electron chi connectivity index (χ1n) is 10.3. The predicted molar refractivity (Wildman–Crippen MR) is 125 cm³/mol. The molecular formula is C26H23BO5. The Morgan fingerprint density at radius 2 is 0.906 bits per heavy atom. The van der Waals surface area contributed by atoms with Crippen molar-refractivity contribution in [2.75, 3.05) is 0 Å². The molecule has 160 valence electrons. The molecule has 0 heterocycles. The van der Waals surface area contributed by atoms with Crippen molar-refractivity contribution in [1.29, 1.82) is 0 Å². The number of hydrogen-bond donors (Lipinski definition) is 1. The molecule has 4 aromatic rings. The Labute approximate surface area is 188 Å². The summed E-state index contributed by atoms with van der Waals surface area (Å²) in [6.07, 6.45) is -0.846. The van der Waals surface area contributed by atoms with E-state index in [1.165, 1.54) is 0 Å². The van der Waals surface area contributed by atoms with Gasteiger partial charge in [0.25, 0.3) is 0 Å². The van der Waals surface area contributed by atoms with Gasteiger partial charge in [-0.05, 0) is 66.6 Å². The van der Waals surface area contributed by atoms with Gasteiger partial charge < -0.3 is 23.8 Å². The largest absolute Gasteiger partial charge is 0.864 e. The lowest BCUT2D eigenvalue weighted by molar-refractivity contribution is -0.000284. The number of para-hydroxylation sites is 2. The highest BCUT2D eigenvalue weighted by Gasteiger charge is 2.30. The van der Waals surface area contributed by atoms with E-state index in [9.17, 15) is 5.11 Å². The van der Waals surface area contributed by atoms with Crippen LogP contribution in [0.15, 0.2) is 109 Å². The number of rotatable bonds is 9. The van der Waals surface area contributed by atoms with Gasteiger partial charge in [0.1, 0.15) is 23.0 Å². The third-order valence-corrected chi connectivity index (χ3v) is 4.53. The maximum Gasteiger partial charge on any atom is 0.864 e. The first-order valence-corrected chi connectivity index (χ1v) is 10.3. The molecule has 0 amide bonds. The topological polar surface area (TPSA) is 57.2 Å². The third kappa shape index (κ3) is 6.06. The van der Waals surface area contributed by atoms with Crippen LogP contribution in [0.5, 0.6) is 23.0 Å². The van der Waals surface area contributed by atoms with E-state index < -0.39 is 13.6 Å². The summed E-state index contributed by atoms with van der Waals surface area (Å²) < 4.78 is 23.1. The average molecular weight is 426 g/mol. The van der Waals surface area contributed by atoms with Gasteiger partial charge in [0.15, 0.2) is 6.29 Å². The fourth-order valence-electron chi connectivity index (χ4n) is 3.05. The summed E-state index contributed by atoms with van der Waals surface area (Å²) in [5.41, 5.74) is 2.04. The predicted octanol–water partition coefficient (Wildman–Crippen LogP) is 5.59. The molecule has 0 spiro atoms. The van der Waals surface area contributed by atoms with Crippen LogP contribution in [-0.4, -0.2) is 18.7 Å². The van der Waals surface area contributed by atoms with Crippen molar-refractivity contribution in [3.05, 3.63) is 109 Å². The smallest absolute Gasteiger partial charge is 0.490 e. The van der Waals surface area contributed by atoms with E-state index in [1.807, 2.05) is 109 Å². The number of aliphatic hydroxyl groups is 1. The fourth-order valence-corrected chi connectivity index (χ4v) is 3.05. The zero-order chi connectivity index (χ0) is 22.2. The molecule has 6 heteroatoms. The van der Waals surface area contributed by atoms with Gasteiger partial charge in [-0.3, -0.25) is 0 Å². The maximum atomic E-state index is 9.32. The minimum Gasteiger partial charge on any atom is -0.490 e. The van der Waals surface area contributed by atoms with Gasteiger partial charge in [-0.1, -0.05) is 60.7 Å². The molecule has 1 N–H and O–H groups in total. The van der Waals surface area contributed by atoms with Gasteiger partial charge in [0.2, 0.25) is 0 Å². The van der Waals surface area contributed by atoms with E-state index in [1.54, 1.807) is 6.92 Å². The fraction of sp³-hybridized carbons (Fsp3) is 0.0769.